The number of aromatic nitrogens is 2. The van der Waals surface area contributed by atoms with Gasteiger partial charge in [-0.1, -0.05) is 5.16 Å². The molecule has 2 heterocycles. The van der Waals surface area contributed by atoms with Gasteiger partial charge in [0, 0.05) is 12.6 Å². The second-order valence-corrected chi connectivity index (χ2v) is 6.96. The van der Waals surface area contributed by atoms with Crippen molar-refractivity contribution in [3.63, 3.8) is 0 Å². The van der Waals surface area contributed by atoms with E-state index in [2.05, 4.69) is 10.3 Å². The highest BCUT2D eigenvalue weighted by atomic mass is 19.4. The highest BCUT2D eigenvalue weighted by Crippen LogP contribution is 2.49. The van der Waals surface area contributed by atoms with Crippen LogP contribution in [0.1, 0.15) is 44.9 Å². The van der Waals surface area contributed by atoms with E-state index < -0.39 is 41.7 Å². The molecule has 0 saturated heterocycles. The molecule has 1 aliphatic rings. The summed E-state index contributed by atoms with van der Waals surface area (Å²) in [5, 5.41) is 15.9. The average molecular weight is 435 g/mol. The van der Waals surface area contributed by atoms with Crippen LogP contribution in [0.25, 0.3) is 0 Å². The van der Waals surface area contributed by atoms with Gasteiger partial charge in [0.15, 0.2) is 5.69 Å². The number of oxime groups is 1. The Morgan fingerprint density at radius 2 is 1.70 bits per heavy atom. The number of carboxylic acid groups (broad SMARTS) is 1. The predicted molar refractivity (Wildman–Crippen MR) is 91.1 cm³/mol. The number of nitrogens with zero attached hydrogens (tertiary/aromatic N) is 3. The molecule has 1 atom stereocenters. The lowest BCUT2D eigenvalue weighted by molar-refractivity contribution is -0.278. The fourth-order valence-electron chi connectivity index (χ4n) is 3.47. The molecule has 1 unspecified atom stereocenters. The minimum Gasteiger partial charge on any atom is -0.478 e. The third kappa shape index (κ3) is 3.39. The maximum Gasteiger partial charge on any atom is 0.437 e. The normalized spacial score (nSPS) is 19.6. The van der Waals surface area contributed by atoms with Crippen molar-refractivity contribution in [1.29, 1.82) is 0 Å². The van der Waals surface area contributed by atoms with E-state index in [-0.39, 0.29) is 22.9 Å². The van der Waals surface area contributed by atoms with Crippen molar-refractivity contribution in [2.45, 2.75) is 38.2 Å². The average Bonchev–Trinajstić information content (AvgIpc) is 3.17. The first-order valence-electron chi connectivity index (χ1n) is 8.46. The zero-order chi connectivity index (χ0) is 22.6. The molecule has 1 N–H and O–H groups in total. The van der Waals surface area contributed by atoms with Gasteiger partial charge in [0.2, 0.25) is 0 Å². The first-order valence-corrected chi connectivity index (χ1v) is 8.46. The number of rotatable bonds is 3. The molecule has 1 aliphatic heterocycles. The highest BCUT2D eigenvalue weighted by molar-refractivity contribution is 6.03. The molecular formula is C18H15F6N3O3. The molecule has 0 bridgehead atoms. The molecule has 0 radical (unpaired) electrons. The molecule has 12 heteroatoms. The van der Waals surface area contributed by atoms with Crippen molar-refractivity contribution in [3.8, 4) is 0 Å². The van der Waals surface area contributed by atoms with Crippen LogP contribution in [-0.4, -0.2) is 32.7 Å². The van der Waals surface area contributed by atoms with Crippen LogP contribution < -0.4 is 0 Å². The molecule has 3 rings (SSSR count). The van der Waals surface area contributed by atoms with Crippen LogP contribution in [0.4, 0.5) is 26.3 Å². The van der Waals surface area contributed by atoms with Gasteiger partial charge < -0.3 is 9.94 Å². The molecule has 6 nitrogen and oxygen atoms in total. The molecule has 0 fully saturated rings. The summed E-state index contributed by atoms with van der Waals surface area (Å²) in [4.78, 5) is 16.1. The third-order valence-electron chi connectivity index (χ3n) is 4.85. The summed E-state index contributed by atoms with van der Waals surface area (Å²) >= 11 is 0. The minimum atomic E-state index is -5.11. The van der Waals surface area contributed by atoms with Gasteiger partial charge in [0.1, 0.15) is 0 Å². The third-order valence-corrected chi connectivity index (χ3v) is 4.85. The topological polar surface area (TPSA) is 76.7 Å². The van der Waals surface area contributed by atoms with E-state index in [1.807, 2.05) is 0 Å². The monoisotopic (exact) mass is 435 g/mol. The Hall–Kier alpha value is -3.05. The van der Waals surface area contributed by atoms with E-state index in [0.29, 0.717) is 15.8 Å². The molecule has 0 aliphatic carbocycles. The number of aromatic carboxylic acids is 1. The fourth-order valence-corrected chi connectivity index (χ4v) is 3.47. The summed E-state index contributed by atoms with van der Waals surface area (Å²) in [7, 11) is 0.954. The molecule has 30 heavy (non-hydrogen) atoms. The smallest absolute Gasteiger partial charge is 0.437 e. The highest BCUT2D eigenvalue weighted by Gasteiger charge is 2.64. The molecule has 162 valence electrons. The first-order chi connectivity index (χ1) is 13.7. The summed E-state index contributed by atoms with van der Waals surface area (Å²) in [6.07, 6.45) is -11.0. The molecule has 0 saturated carbocycles. The van der Waals surface area contributed by atoms with Crippen LogP contribution in [0, 0.1) is 13.8 Å². The maximum atomic E-state index is 14.0. The van der Waals surface area contributed by atoms with Crippen molar-refractivity contribution in [3.05, 3.63) is 51.8 Å². The predicted octanol–water partition coefficient (Wildman–Crippen LogP) is 4.34. The van der Waals surface area contributed by atoms with E-state index in [0.717, 1.165) is 7.05 Å². The Balaban J connectivity index is 2.07. The van der Waals surface area contributed by atoms with E-state index in [1.54, 1.807) is 0 Å². The number of halogens is 6. The van der Waals surface area contributed by atoms with Crippen molar-refractivity contribution >= 4 is 11.7 Å². The van der Waals surface area contributed by atoms with Crippen LogP contribution in [-0.2, 0) is 23.7 Å². The van der Waals surface area contributed by atoms with Gasteiger partial charge in [-0.25, -0.2) is 4.79 Å². The van der Waals surface area contributed by atoms with Crippen LogP contribution in [0.2, 0.25) is 0 Å². The second kappa shape index (κ2) is 6.74. The summed E-state index contributed by atoms with van der Waals surface area (Å²) in [5.74, 6) is -1.19. The number of hydrogen-bond acceptors (Lipinski definition) is 4. The molecule has 1 aromatic heterocycles. The molecule has 0 amide bonds. The summed E-state index contributed by atoms with van der Waals surface area (Å²) < 4.78 is 81.3. The first kappa shape index (κ1) is 21.7. The summed E-state index contributed by atoms with van der Waals surface area (Å²) in [5.41, 5.74) is -4.91. The SMILES string of the molecule is Cc1cc(C2=NOC(c3cc(C(F)(F)F)nn3C)(C(F)(F)F)C2)cc(C)c1C(=O)O. The molecule has 1 aromatic carbocycles. The van der Waals surface area contributed by atoms with Gasteiger partial charge in [-0.15, -0.1) is 0 Å². The lowest BCUT2D eigenvalue weighted by Gasteiger charge is -2.28. The Morgan fingerprint density at radius 3 is 2.13 bits per heavy atom. The number of carboxylic acids is 1. The van der Waals surface area contributed by atoms with Gasteiger partial charge in [-0.2, -0.15) is 31.4 Å². The standard InChI is InChI=1S/C18H15F6N3O3/c1-8-4-10(5-9(2)14(8)15(28)29)11-7-16(30-26-11,18(22,23)24)13-6-12(17(19,20)21)25-27(13)3/h4-6H,7H2,1-3H3,(H,28,29). The lowest BCUT2D eigenvalue weighted by atomic mass is 9.88. The zero-order valence-corrected chi connectivity index (χ0v) is 15.8. The van der Waals surface area contributed by atoms with Crippen molar-refractivity contribution < 1.29 is 41.1 Å². The Bertz CT molecular complexity index is 1030. The quantitative estimate of drug-likeness (QED) is 0.728. The lowest BCUT2D eigenvalue weighted by Crippen LogP contribution is -2.44. The van der Waals surface area contributed by atoms with Crippen molar-refractivity contribution in [2.24, 2.45) is 12.2 Å². The Morgan fingerprint density at radius 1 is 1.13 bits per heavy atom. The van der Waals surface area contributed by atoms with Crippen LogP contribution >= 0.6 is 0 Å². The summed E-state index contributed by atoms with van der Waals surface area (Å²) in [6, 6.07) is 2.97. The number of alkyl halides is 6. The molecule has 2 aromatic rings. The minimum absolute atomic E-state index is 0.00167. The zero-order valence-electron chi connectivity index (χ0n) is 15.8. The van der Waals surface area contributed by atoms with Gasteiger partial charge >= 0.3 is 18.3 Å². The van der Waals surface area contributed by atoms with E-state index in [9.17, 15) is 36.2 Å². The van der Waals surface area contributed by atoms with E-state index in [4.69, 9.17) is 4.84 Å². The maximum absolute atomic E-state index is 14.0. The van der Waals surface area contributed by atoms with Crippen molar-refractivity contribution in [1.82, 2.24) is 9.78 Å². The fraction of sp³-hybridized carbons (Fsp3) is 0.389. The van der Waals surface area contributed by atoms with Crippen LogP contribution in [0.5, 0.6) is 0 Å². The van der Waals surface area contributed by atoms with E-state index >= 15 is 0 Å². The second-order valence-electron chi connectivity index (χ2n) is 6.96. The van der Waals surface area contributed by atoms with Gasteiger partial charge in [-0.3, -0.25) is 4.68 Å². The number of hydrogen-bond donors (Lipinski definition) is 1. The van der Waals surface area contributed by atoms with Gasteiger partial charge in [-0.05, 0) is 43.2 Å². The van der Waals surface area contributed by atoms with Crippen molar-refractivity contribution in [2.75, 3.05) is 0 Å². The van der Waals surface area contributed by atoms with Crippen LogP contribution in [0.3, 0.4) is 0 Å². The van der Waals surface area contributed by atoms with E-state index in [1.165, 1.54) is 26.0 Å². The largest absolute Gasteiger partial charge is 0.478 e. The number of benzene rings is 1. The summed E-state index contributed by atoms with van der Waals surface area (Å²) in [6.45, 7) is 2.95. The van der Waals surface area contributed by atoms with Crippen LogP contribution in [0.15, 0.2) is 23.4 Å². The van der Waals surface area contributed by atoms with Gasteiger partial charge in [0.25, 0.3) is 5.60 Å². The molecular weight excluding hydrogens is 420 g/mol. The Labute approximate surface area is 165 Å². The Kier molecular flexibility index (Phi) is 4.87. The molecule has 0 spiro atoms. The number of carbonyl (C=O) groups is 1. The van der Waals surface area contributed by atoms with Gasteiger partial charge in [0.05, 0.1) is 23.4 Å². The number of aryl methyl sites for hydroxylation is 3.